The van der Waals surface area contributed by atoms with Crippen LogP contribution in [0, 0.1) is 13.8 Å². The van der Waals surface area contributed by atoms with Gasteiger partial charge in [0.1, 0.15) is 11.8 Å². The number of hydrogen-bond donors (Lipinski definition) is 1. The van der Waals surface area contributed by atoms with Crippen LogP contribution >= 0.6 is 0 Å². The highest BCUT2D eigenvalue weighted by Crippen LogP contribution is 2.19. The molecule has 2 aliphatic rings. The number of carbonyl (C=O) groups excluding carboxylic acids is 1. The lowest BCUT2D eigenvalue weighted by atomic mass is 10.1. The highest BCUT2D eigenvalue weighted by Gasteiger charge is 2.34. The standard InChI is InChI=1S/C13H20N4O2/c1-9-11(10(2)19-15-9)7-16-5-6-17-4-3-14-13(18)12(17)8-16/h12H,3-8H2,1-2H3,(H,14,18). The van der Waals surface area contributed by atoms with Gasteiger partial charge < -0.3 is 9.84 Å². The lowest BCUT2D eigenvalue weighted by Gasteiger charge is -2.43. The van der Waals surface area contributed by atoms with Gasteiger partial charge in [0.2, 0.25) is 5.91 Å². The molecule has 0 bridgehead atoms. The number of nitrogens with one attached hydrogen (secondary N) is 1. The predicted octanol–water partition coefficient (Wildman–Crippen LogP) is -0.0926. The molecular weight excluding hydrogens is 244 g/mol. The van der Waals surface area contributed by atoms with E-state index in [4.69, 9.17) is 4.52 Å². The van der Waals surface area contributed by atoms with Crippen LogP contribution in [0.2, 0.25) is 0 Å². The van der Waals surface area contributed by atoms with Gasteiger partial charge in [-0.1, -0.05) is 5.16 Å². The summed E-state index contributed by atoms with van der Waals surface area (Å²) in [4.78, 5) is 16.5. The van der Waals surface area contributed by atoms with Crippen LogP contribution in [0.15, 0.2) is 4.52 Å². The van der Waals surface area contributed by atoms with Gasteiger partial charge in [-0.05, 0) is 13.8 Å². The van der Waals surface area contributed by atoms with E-state index in [0.717, 1.165) is 56.3 Å². The zero-order valence-electron chi connectivity index (χ0n) is 11.5. The zero-order valence-corrected chi connectivity index (χ0v) is 11.5. The van der Waals surface area contributed by atoms with E-state index in [-0.39, 0.29) is 11.9 Å². The summed E-state index contributed by atoms with van der Waals surface area (Å²) < 4.78 is 5.20. The van der Waals surface area contributed by atoms with Crippen molar-refractivity contribution >= 4 is 5.91 Å². The summed E-state index contributed by atoms with van der Waals surface area (Å²) in [7, 11) is 0. The van der Waals surface area contributed by atoms with E-state index in [1.54, 1.807) is 0 Å². The summed E-state index contributed by atoms with van der Waals surface area (Å²) in [5, 5.41) is 6.93. The molecule has 1 amide bonds. The van der Waals surface area contributed by atoms with Crippen LogP contribution < -0.4 is 5.32 Å². The second kappa shape index (κ2) is 4.94. The summed E-state index contributed by atoms with van der Waals surface area (Å²) in [5.74, 6) is 1.04. The number of piperazine rings is 2. The molecule has 104 valence electrons. The van der Waals surface area contributed by atoms with E-state index in [2.05, 4.69) is 20.3 Å². The summed E-state index contributed by atoms with van der Waals surface area (Å²) in [6.07, 6.45) is 0. The van der Waals surface area contributed by atoms with Gasteiger partial charge in [-0.25, -0.2) is 0 Å². The summed E-state index contributed by atoms with van der Waals surface area (Å²) in [6, 6.07) is 0.00275. The van der Waals surface area contributed by atoms with Crippen molar-refractivity contribution in [3.63, 3.8) is 0 Å². The van der Waals surface area contributed by atoms with Crippen molar-refractivity contribution in [1.82, 2.24) is 20.3 Å². The van der Waals surface area contributed by atoms with Crippen LogP contribution in [0.25, 0.3) is 0 Å². The van der Waals surface area contributed by atoms with Crippen LogP contribution in [-0.2, 0) is 11.3 Å². The van der Waals surface area contributed by atoms with Crippen molar-refractivity contribution in [1.29, 1.82) is 0 Å². The number of nitrogens with zero attached hydrogens (tertiary/aromatic N) is 3. The fourth-order valence-electron chi connectivity index (χ4n) is 2.93. The van der Waals surface area contributed by atoms with E-state index in [1.807, 2.05) is 13.8 Å². The Morgan fingerprint density at radius 3 is 2.95 bits per heavy atom. The fourth-order valence-corrected chi connectivity index (χ4v) is 2.93. The second-order valence-corrected chi connectivity index (χ2v) is 5.38. The Kier molecular flexibility index (Phi) is 3.28. The molecule has 0 spiro atoms. The minimum atomic E-state index is 0.00275. The van der Waals surface area contributed by atoms with Crippen LogP contribution in [-0.4, -0.2) is 59.6 Å². The van der Waals surface area contributed by atoms with Crippen molar-refractivity contribution in [2.45, 2.75) is 26.4 Å². The topological polar surface area (TPSA) is 61.6 Å². The van der Waals surface area contributed by atoms with Crippen molar-refractivity contribution in [3.8, 4) is 0 Å². The first-order valence-corrected chi connectivity index (χ1v) is 6.81. The molecule has 2 saturated heterocycles. The Morgan fingerprint density at radius 2 is 2.21 bits per heavy atom. The van der Waals surface area contributed by atoms with Crippen molar-refractivity contribution < 1.29 is 9.32 Å². The SMILES string of the molecule is Cc1noc(C)c1CN1CCN2CCNC(=O)C2C1. The first-order chi connectivity index (χ1) is 9.15. The minimum absolute atomic E-state index is 0.00275. The molecule has 3 rings (SSSR count). The predicted molar refractivity (Wildman–Crippen MR) is 69.6 cm³/mol. The maximum atomic E-state index is 11.9. The van der Waals surface area contributed by atoms with Crippen LogP contribution in [0.3, 0.4) is 0 Å². The molecule has 3 heterocycles. The van der Waals surface area contributed by atoms with E-state index in [9.17, 15) is 4.79 Å². The molecule has 0 aromatic carbocycles. The van der Waals surface area contributed by atoms with Gasteiger partial charge in [0.15, 0.2) is 0 Å². The quantitative estimate of drug-likeness (QED) is 0.809. The van der Waals surface area contributed by atoms with E-state index in [1.165, 1.54) is 0 Å². The van der Waals surface area contributed by atoms with Gasteiger partial charge in [0.05, 0.1) is 5.69 Å². The molecule has 1 N–H and O–H groups in total. The molecule has 0 saturated carbocycles. The molecule has 6 heteroatoms. The summed E-state index contributed by atoms with van der Waals surface area (Å²) in [5.41, 5.74) is 2.11. The maximum absolute atomic E-state index is 11.9. The molecule has 2 aliphatic heterocycles. The van der Waals surface area contributed by atoms with Crippen LogP contribution in [0.4, 0.5) is 0 Å². The summed E-state index contributed by atoms with van der Waals surface area (Å²) in [6.45, 7) is 9.22. The Morgan fingerprint density at radius 1 is 1.37 bits per heavy atom. The molecule has 0 radical (unpaired) electrons. The second-order valence-electron chi connectivity index (χ2n) is 5.38. The van der Waals surface area contributed by atoms with E-state index < -0.39 is 0 Å². The van der Waals surface area contributed by atoms with Gasteiger partial charge in [-0.3, -0.25) is 14.6 Å². The van der Waals surface area contributed by atoms with Crippen molar-refractivity contribution in [3.05, 3.63) is 17.0 Å². The first kappa shape index (κ1) is 12.6. The average Bonchev–Trinajstić information content (AvgIpc) is 2.72. The Balaban J connectivity index is 1.69. The molecule has 19 heavy (non-hydrogen) atoms. The van der Waals surface area contributed by atoms with Gasteiger partial charge >= 0.3 is 0 Å². The minimum Gasteiger partial charge on any atom is -0.361 e. The number of aryl methyl sites for hydroxylation is 2. The van der Waals surface area contributed by atoms with Gasteiger partial charge in [0.25, 0.3) is 0 Å². The smallest absolute Gasteiger partial charge is 0.238 e. The molecule has 1 atom stereocenters. The third-order valence-corrected chi connectivity index (χ3v) is 4.14. The maximum Gasteiger partial charge on any atom is 0.238 e. The average molecular weight is 264 g/mol. The van der Waals surface area contributed by atoms with Crippen LogP contribution in [0.1, 0.15) is 17.0 Å². The van der Waals surface area contributed by atoms with E-state index in [0.29, 0.717) is 0 Å². The Labute approximate surface area is 112 Å². The fraction of sp³-hybridized carbons (Fsp3) is 0.692. The number of aromatic nitrogens is 1. The van der Waals surface area contributed by atoms with Crippen molar-refractivity contribution in [2.24, 2.45) is 0 Å². The number of hydrogen-bond acceptors (Lipinski definition) is 5. The first-order valence-electron chi connectivity index (χ1n) is 6.81. The normalized spacial score (nSPS) is 25.2. The van der Waals surface area contributed by atoms with Crippen LogP contribution in [0.5, 0.6) is 0 Å². The zero-order chi connectivity index (χ0) is 13.4. The molecule has 0 aliphatic carbocycles. The lowest BCUT2D eigenvalue weighted by molar-refractivity contribution is -0.131. The lowest BCUT2D eigenvalue weighted by Crippen LogP contribution is -2.63. The number of amides is 1. The van der Waals surface area contributed by atoms with Crippen molar-refractivity contribution in [2.75, 3.05) is 32.7 Å². The third-order valence-electron chi connectivity index (χ3n) is 4.14. The van der Waals surface area contributed by atoms with Gasteiger partial charge in [-0.2, -0.15) is 0 Å². The highest BCUT2D eigenvalue weighted by molar-refractivity contribution is 5.82. The van der Waals surface area contributed by atoms with E-state index >= 15 is 0 Å². The third kappa shape index (κ3) is 2.37. The Bertz CT molecular complexity index is 465. The molecule has 2 fully saturated rings. The van der Waals surface area contributed by atoms with Gasteiger partial charge in [-0.15, -0.1) is 0 Å². The largest absolute Gasteiger partial charge is 0.361 e. The molecule has 1 aromatic heterocycles. The Hall–Kier alpha value is -1.40. The number of rotatable bonds is 2. The number of fused-ring (bicyclic) bond motifs is 1. The highest BCUT2D eigenvalue weighted by atomic mass is 16.5. The molecule has 6 nitrogen and oxygen atoms in total. The summed E-state index contributed by atoms with van der Waals surface area (Å²) >= 11 is 0. The monoisotopic (exact) mass is 264 g/mol. The number of carbonyl (C=O) groups is 1. The molecule has 1 aromatic rings. The van der Waals surface area contributed by atoms with Gasteiger partial charge in [0, 0.05) is 44.8 Å². The molecular formula is C13H20N4O2. The molecule has 1 unspecified atom stereocenters.